The monoisotopic (exact) mass is 542 g/mol. The van der Waals surface area contributed by atoms with Crippen molar-refractivity contribution in [2.75, 3.05) is 17.8 Å². The summed E-state index contributed by atoms with van der Waals surface area (Å²) in [5.74, 6) is -1.61. The third-order valence-electron chi connectivity index (χ3n) is 5.51. The van der Waals surface area contributed by atoms with Crippen LogP contribution in [0.25, 0.3) is 16.8 Å². The molecular formula is C25H23FN4O5S2. The molecule has 192 valence electrons. The molecule has 0 aliphatic rings. The standard InChI is InChI=1S/C25H23FN4O5S2/c1-36(32,33)23-9-4-3-8-19(23)17-10-11-21(20(26)13-17)28-25(31)22-14-24(37(2,34)35)29-30(22)18-7-5-6-16(12-18)15-27/h3-14H,15,27H2,1-2H3,(H,28,31). The lowest BCUT2D eigenvalue weighted by Crippen LogP contribution is -2.18. The number of hydrogen-bond acceptors (Lipinski definition) is 7. The third kappa shape index (κ3) is 5.61. The second kappa shape index (κ2) is 9.88. The third-order valence-corrected chi connectivity index (χ3v) is 7.62. The van der Waals surface area contributed by atoms with E-state index in [0.29, 0.717) is 16.8 Å². The highest BCUT2D eigenvalue weighted by Crippen LogP contribution is 2.30. The van der Waals surface area contributed by atoms with Crippen LogP contribution in [0, 0.1) is 5.82 Å². The fourth-order valence-electron chi connectivity index (χ4n) is 3.71. The Morgan fingerprint density at radius 2 is 1.68 bits per heavy atom. The molecule has 9 nitrogen and oxygen atoms in total. The summed E-state index contributed by atoms with van der Waals surface area (Å²) < 4.78 is 64.7. The van der Waals surface area contributed by atoms with Crippen LogP contribution in [0.5, 0.6) is 0 Å². The molecule has 0 atom stereocenters. The predicted octanol–water partition coefficient (Wildman–Crippen LogP) is 3.20. The van der Waals surface area contributed by atoms with Gasteiger partial charge in [-0.25, -0.2) is 25.9 Å². The molecule has 1 heterocycles. The van der Waals surface area contributed by atoms with Crippen molar-refractivity contribution in [3.63, 3.8) is 0 Å². The molecule has 0 aliphatic carbocycles. The molecule has 0 bridgehead atoms. The molecule has 0 saturated heterocycles. The second-order valence-electron chi connectivity index (χ2n) is 8.34. The average molecular weight is 543 g/mol. The van der Waals surface area contributed by atoms with E-state index in [1.807, 2.05) is 0 Å². The zero-order valence-electron chi connectivity index (χ0n) is 19.8. The van der Waals surface area contributed by atoms with Gasteiger partial charge in [-0.3, -0.25) is 4.79 Å². The van der Waals surface area contributed by atoms with Crippen molar-refractivity contribution in [1.82, 2.24) is 9.78 Å². The molecule has 1 amide bonds. The number of sulfone groups is 2. The molecule has 12 heteroatoms. The molecule has 0 saturated carbocycles. The second-order valence-corrected chi connectivity index (χ2v) is 12.3. The van der Waals surface area contributed by atoms with Gasteiger partial charge in [0.25, 0.3) is 5.91 Å². The number of halogens is 1. The topological polar surface area (TPSA) is 141 Å². The van der Waals surface area contributed by atoms with E-state index in [0.717, 1.165) is 34.9 Å². The molecule has 0 unspecified atom stereocenters. The average Bonchev–Trinajstić information content (AvgIpc) is 3.31. The molecule has 3 aromatic carbocycles. The van der Waals surface area contributed by atoms with Crippen LogP contribution < -0.4 is 11.1 Å². The number of benzene rings is 3. The maximum absolute atomic E-state index is 15.1. The van der Waals surface area contributed by atoms with Crippen molar-refractivity contribution >= 4 is 31.3 Å². The zero-order valence-corrected chi connectivity index (χ0v) is 21.5. The smallest absolute Gasteiger partial charge is 0.274 e. The number of carbonyl (C=O) groups excluding carboxylic acids is 1. The van der Waals surface area contributed by atoms with Gasteiger partial charge in [-0.2, -0.15) is 5.10 Å². The van der Waals surface area contributed by atoms with Crippen molar-refractivity contribution in [1.29, 1.82) is 0 Å². The van der Waals surface area contributed by atoms with Crippen LogP contribution in [0.4, 0.5) is 10.1 Å². The predicted molar refractivity (Wildman–Crippen MR) is 137 cm³/mol. The Labute approximate surface area is 213 Å². The number of amides is 1. The lowest BCUT2D eigenvalue weighted by atomic mass is 10.0. The van der Waals surface area contributed by atoms with E-state index in [9.17, 15) is 21.6 Å². The highest BCUT2D eigenvalue weighted by molar-refractivity contribution is 7.91. The van der Waals surface area contributed by atoms with Gasteiger partial charge >= 0.3 is 0 Å². The van der Waals surface area contributed by atoms with Crippen LogP contribution in [0.2, 0.25) is 0 Å². The van der Waals surface area contributed by atoms with Crippen molar-refractivity contribution in [2.24, 2.45) is 5.73 Å². The lowest BCUT2D eigenvalue weighted by molar-refractivity contribution is 0.101. The van der Waals surface area contributed by atoms with E-state index >= 15 is 4.39 Å². The fraction of sp³-hybridized carbons (Fsp3) is 0.120. The van der Waals surface area contributed by atoms with Crippen LogP contribution >= 0.6 is 0 Å². The Hall–Kier alpha value is -3.87. The van der Waals surface area contributed by atoms with Crippen molar-refractivity contribution in [2.45, 2.75) is 16.5 Å². The summed E-state index contributed by atoms with van der Waals surface area (Å²) in [5, 5.41) is 6.19. The van der Waals surface area contributed by atoms with Gasteiger partial charge < -0.3 is 11.1 Å². The van der Waals surface area contributed by atoms with Gasteiger partial charge in [0.2, 0.25) is 0 Å². The number of hydrogen-bond donors (Lipinski definition) is 2. The minimum Gasteiger partial charge on any atom is -0.326 e. The maximum atomic E-state index is 15.1. The molecule has 4 aromatic rings. The molecule has 3 N–H and O–H groups in total. The Morgan fingerprint density at radius 3 is 2.32 bits per heavy atom. The number of carbonyl (C=O) groups is 1. The van der Waals surface area contributed by atoms with Gasteiger partial charge in [0, 0.05) is 30.7 Å². The molecular weight excluding hydrogens is 519 g/mol. The van der Waals surface area contributed by atoms with Gasteiger partial charge in [-0.05, 0) is 41.5 Å². The lowest BCUT2D eigenvalue weighted by Gasteiger charge is -2.12. The minimum atomic E-state index is -3.75. The van der Waals surface area contributed by atoms with Crippen LogP contribution in [-0.2, 0) is 26.2 Å². The summed E-state index contributed by atoms with van der Waals surface area (Å²) in [6.07, 6.45) is 2.03. The molecule has 0 aliphatic heterocycles. The van der Waals surface area contributed by atoms with E-state index in [1.54, 1.807) is 42.5 Å². The molecule has 0 radical (unpaired) electrons. The van der Waals surface area contributed by atoms with Crippen molar-refractivity contribution < 1.29 is 26.0 Å². The van der Waals surface area contributed by atoms with E-state index < -0.39 is 31.4 Å². The van der Waals surface area contributed by atoms with Crippen LogP contribution in [0.15, 0.2) is 82.7 Å². The first-order valence-corrected chi connectivity index (χ1v) is 14.7. The van der Waals surface area contributed by atoms with E-state index in [2.05, 4.69) is 10.4 Å². The maximum Gasteiger partial charge on any atom is 0.274 e. The Bertz CT molecular complexity index is 1730. The zero-order chi connectivity index (χ0) is 27.0. The van der Waals surface area contributed by atoms with Gasteiger partial charge in [0.05, 0.1) is 16.3 Å². The molecule has 4 rings (SSSR count). The van der Waals surface area contributed by atoms with E-state index in [-0.39, 0.29) is 27.8 Å². The molecule has 0 fully saturated rings. The summed E-state index contributed by atoms with van der Waals surface area (Å²) in [5.41, 5.74) is 7.13. The number of anilines is 1. The highest BCUT2D eigenvalue weighted by Gasteiger charge is 2.23. The summed E-state index contributed by atoms with van der Waals surface area (Å²) in [4.78, 5) is 13.2. The number of rotatable bonds is 7. The van der Waals surface area contributed by atoms with Crippen LogP contribution in [0.3, 0.4) is 0 Å². The first kappa shape index (κ1) is 26.2. The highest BCUT2D eigenvalue weighted by atomic mass is 32.2. The summed E-state index contributed by atoms with van der Waals surface area (Å²) in [6, 6.07) is 17.9. The van der Waals surface area contributed by atoms with Gasteiger partial charge in [0.15, 0.2) is 24.7 Å². The SMILES string of the molecule is CS(=O)(=O)c1cc(C(=O)Nc2ccc(-c3ccccc3S(C)(=O)=O)cc2F)n(-c2cccc(CN)c2)n1. The number of aromatic nitrogens is 2. The van der Waals surface area contributed by atoms with E-state index in [1.165, 1.54) is 18.2 Å². The van der Waals surface area contributed by atoms with Crippen molar-refractivity contribution in [3.8, 4) is 16.8 Å². The van der Waals surface area contributed by atoms with Gasteiger partial charge in [-0.1, -0.05) is 36.4 Å². The Balaban J connectivity index is 1.72. The van der Waals surface area contributed by atoms with Crippen molar-refractivity contribution in [3.05, 3.63) is 89.9 Å². The Kier molecular flexibility index (Phi) is 7.00. The number of nitrogens with zero attached hydrogens (tertiary/aromatic N) is 2. The van der Waals surface area contributed by atoms with Crippen LogP contribution in [0.1, 0.15) is 16.1 Å². The summed E-state index contributed by atoms with van der Waals surface area (Å²) >= 11 is 0. The first-order valence-electron chi connectivity index (χ1n) is 10.9. The largest absolute Gasteiger partial charge is 0.326 e. The van der Waals surface area contributed by atoms with E-state index in [4.69, 9.17) is 5.73 Å². The molecule has 1 aromatic heterocycles. The summed E-state index contributed by atoms with van der Waals surface area (Å²) in [7, 11) is -7.32. The molecule has 37 heavy (non-hydrogen) atoms. The number of nitrogens with one attached hydrogen (secondary N) is 1. The van der Waals surface area contributed by atoms with Gasteiger partial charge in [-0.15, -0.1) is 0 Å². The minimum absolute atomic E-state index is 0.0445. The van der Waals surface area contributed by atoms with Gasteiger partial charge in [0.1, 0.15) is 11.5 Å². The quantitative estimate of drug-likeness (QED) is 0.365. The summed E-state index contributed by atoms with van der Waals surface area (Å²) in [6.45, 7) is 0.218. The number of nitrogens with two attached hydrogens (primary N) is 1. The fourth-order valence-corrected chi connectivity index (χ4v) is 5.18. The first-order chi connectivity index (χ1) is 17.4. The molecule has 0 spiro atoms. The Morgan fingerprint density at radius 1 is 0.946 bits per heavy atom. The normalized spacial score (nSPS) is 11.9. The van der Waals surface area contributed by atoms with Crippen LogP contribution in [-0.4, -0.2) is 45.0 Å².